The number of hydrogen-bond acceptors (Lipinski definition) is 3. The minimum atomic E-state index is -0.848. The van der Waals surface area contributed by atoms with Crippen molar-refractivity contribution in [3.05, 3.63) is 57.3 Å². The van der Waals surface area contributed by atoms with Crippen molar-refractivity contribution in [1.82, 2.24) is 10.6 Å². The minimum absolute atomic E-state index is 0. The van der Waals surface area contributed by atoms with E-state index in [2.05, 4.69) is 10.6 Å². The Bertz CT molecular complexity index is 738. The summed E-state index contributed by atoms with van der Waals surface area (Å²) in [5.41, 5.74) is 1.76. The van der Waals surface area contributed by atoms with E-state index in [1.165, 1.54) is 17.4 Å². The van der Waals surface area contributed by atoms with Crippen molar-refractivity contribution < 1.29 is 13.6 Å². The minimum Gasteiger partial charge on any atom is -0.347 e. The summed E-state index contributed by atoms with van der Waals surface area (Å²) in [6, 6.07) is 5.82. The predicted molar refractivity (Wildman–Crippen MR) is 98.8 cm³/mol. The Morgan fingerprint density at radius 2 is 2.12 bits per heavy atom. The number of benzene rings is 1. The summed E-state index contributed by atoms with van der Waals surface area (Å²) in [7, 11) is 0. The van der Waals surface area contributed by atoms with Gasteiger partial charge in [0.15, 0.2) is 11.6 Å². The van der Waals surface area contributed by atoms with Gasteiger partial charge in [-0.3, -0.25) is 4.79 Å². The van der Waals surface area contributed by atoms with Crippen LogP contribution in [0.4, 0.5) is 8.78 Å². The molecule has 1 aliphatic rings. The number of rotatable bonds is 4. The molecule has 1 amide bonds. The van der Waals surface area contributed by atoms with Gasteiger partial charge in [0.05, 0.1) is 4.88 Å². The average molecular weight is 387 g/mol. The van der Waals surface area contributed by atoms with E-state index in [0.29, 0.717) is 6.54 Å². The van der Waals surface area contributed by atoms with Gasteiger partial charge in [-0.2, -0.15) is 0 Å². The summed E-state index contributed by atoms with van der Waals surface area (Å²) in [6.45, 7) is 3.42. The van der Waals surface area contributed by atoms with Gasteiger partial charge in [0, 0.05) is 18.5 Å². The van der Waals surface area contributed by atoms with E-state index in [9.17, 15) is 13.6 Å². The van der Waals surface area contributed by atoms with E-state index in [4.69, 9.17) is 0 Å². The predicted octanol–water partition coefficient (Wildman–Crippen LogP) is 3.89. The van der Waals surface area contributed by atoms with Crippen LogP contribution in [-0.2, 0) is 6.42 Å². The first-order valence-corrected chi connectivity index (χ1v) is 9.01. The van der Waals surface area contributed by atoms with E-state index in [1.54, 1.807) is 6.07 Å². The number of amides is 1. The van der Waals surface area contributed by atoms with E-state index in [1.807, 2.05) is 18.4 Å². The number of carbonyl (C=O) groups is 1. The quantitative estimate of drug-likeness (QED) is 0.837. The monoisotopic (exact) mass is 386 g/mol. The lowest BCUT2D eigenvalue weighted by Gasteiger charge is -2.33. The topological polar surface area (TPSA) is 41.1 Å². The van der Waals surface area contributed by atoms with Crippen LogP contribution < -0.4 is 10.6 Å². The third-order valence-electron chi connectivity index (χ3n) is 4.50. The van der Waals surface area contributed by atoms with Crippen molar-refractivity contribution in [2.24, 2.45) is 0 Å². The van der Waals surface area contributed by atoms with Crippen molar-refractivity contribution in [2.75, 3.05) is 13.1 Å². The summed E-state index contributed by atoms with van der Waals surface area (Å²) in [4.78, 5) is 13.3. The normalized spacial score (nSPS) is 20.0. The molecule has 136 valence electrons. The third-order valence-corrected chi connectivity index (χ3v) is 5.46. The molecule has 2 heterocycles. The fraction of sp³-hybridized carbons (Fsp3) is 0.389. The first-order valence-electron chi connectivity index (χ1n) is 8.13. The molecule has 1 saturated heterocycles. The van der Waals surface area contributed by atoms with Crippen LogP contribution in [0.1, 0.15) is 40.1 Å². The first-order chi connectivity index (χ1) is 11.6. The Labute approximate surface area is 156 Å². The van der Waals surface area contributed by atoms with Crippen molar-refractivity contribution >= 4 is 29.7 Å². The van der Waals surface area contributed by atoms with Gasteiger partial charge in [0.25, 0.3) is 5.91 Å². The van der Waals surface area contributed by atoms with Crippen LogP contribution >= 0.6 is 23.7 Å². The van der Waals surface area contributed by atoms with Crippen molar-refractivity contribution in [2.45, 2.75) is 31.7 Å². The second-order valence-electron chi connectivity index (χ2n) is 5.98. The van der Waals surface area contributed by atoms with Gasteiger partial charge < -0.3 is 10.6 Å². The van der Waals surface area contributed by atoms with Crippen LogP contribution in [0.25, 0.3) is 0 Å². The lowest BCUT2D eigenvalue weighted by atomic mass is 9.86. The summed E-state index contributed by atoms with van der Waals surface area (Å²) < 4.78 is 26.8. The van der Waals surface area contributed by atoms with Crippen LogP contribution in [0, 0.1) is 11.6 Å². The Kier molecular flexibility index (Phi) is 6.93. The highest BCUT2D eigenvalue weighted by atomic mass is 35.5. The maximum atomic E-state index is 13.6. The van der Waals surface area contributed by atoms with Gasteiger partial charge in [-0.15, -0.1) is 23.7 Å². The van der Waals surface area contributed by atoms with Crippen molar-refractivity contribution in [3.63, 3.8) is 0 Å². The van der Waals surface area contributed by atoms with E-state index in [-0.39, 0.29) is 30.3 Å². The zero-order valence-corrected chi connectivity index (χ0v) is 15.5. The van der Waals surface area contributed by atoms with Gasteiger partial charge in [-0.1, -0.05) is 13.0 Å². The maximum absolute atomic E-state index is 13.6. The SMILES string of the molecule is CCc1ccsc1C(=O)NC1CNCCC1c1ccc(F)c(F)c1.Cl. The fourth-order valence-corrected chi connectivity index (χ4v) is 4.10. The maximum Gasteiger partial charge on any atom is 0.261 e. The molecule has 3 rings (SSSR count). The number of aryl methyl sites for hydroxylation is 1. The first kappa shape index (κ1) is 19.8. The van der Waals surface area contributed by atoms with Gasteiger partial charge in [0.1, 0.15) is 0 Å². The molecule has 0 saturated carbocycles. The van der Waals surface area contributed by atoms with Crippen LogP contribution in [0.15, 0.2) is 29.6 Å². The number of thiophene rings is 1. The van der Waals surface area contributed by atoms with Crippen LogP contribution in [-0.4, -0.2) is 25.0 Å². The molecule has 2 aromatic rings. The Balaban J connectivity index is 0.00000225. The molecule has 1 fully saturated rings. The molecule has 3 nitrogen and oxygen atoms in total. The fourth-order valence-electron chi connectivity index (χ4n) is 3.20. The summed E-state index contributed by atoms with van der Waals surface area (Å²) in [6.07, 6.45) is 1.57. The molecule has 2 atom stereocenters. The standard InChI is InChI=1S/C18H20F2N2OS.ClH/c1-2-11-6-8-24-17(11)18(23)22-16-10-21-7-5-13(16)12-3-4-14(19)15(20)9-12;/h3-4,6,8-9,13,16,21H,2,5,7,10H2,1H3,(H,22,23);1H. The van der Waals surface area contributed by atoms with E-state index >= 15 is 0 Å². The molecule has 1 aliphatic heterocycles. The molecule has 7 heteroatoms. The molecule has 25 heavy (non-hydrogen) atoms. The molecule has 1 aromatic heterocycles. The molecule has 2 unspecified atom stereocenters. The van der Waals surface area contributed by atoms with E-state index in [0.717, 1.165) is 41.5 Å². The number of hydrogen-bond donors (Lipinski definition) is 2. The van der Waals surface area contributed by atoms with Gasteiger partial charge >= 0.3 is 0 Å². The second-order valence-corrected chi connectivity index (χ2v) is 6.90. The number of nitrogens with one attached hydrogen (secondary N) is 2. The summed E-state index contributed by atoms with van der Waals surface area (Å²) >= 11 is 1.43. The third kappa shape index (κ3) is 4.37. The number of piperidine rings is 1. The van der Waals surface area contributed by atoms with Crippen LogP contribution in [0.2, 0.25) is 0 Å². The molecule has 0 aliphatic carbocycles. The van der Waals surface area contributed by atoms with Crippen molar-refractivity contribution in [3.8, 4) is 0 Å². The second kappa shape index (κ2) is 8.74. The highest BCUT2D eigenvalue weighted by Gasteiger charge is 2.29. The number of carbonyl (C=O) groups excluding carboxylic acids is 1. The van der Waals surface area contributed by atoms with Gasteiger partial charge in [-0.25, -0.2) is 8.78 Å². The Hall–Kier alpha value is -1.50. The van der Waals surface area contributed by atoms with Gasteiger partial charge in [-0.05, 0) is 54.1 Å². The average Bonchev–Trinajstić information content (AvgIpc) is 3.07. The van der Waals surface area contributed by atoms with Crippen LogP contribution in [0.3, 0.4) is 0 Å². The molecule has 1 aromatic carbocycles. The largest absolute Gasteiger partial charge is 0.347 e. The molecular formula is C18H21ClF2N2OS. The van der Waals surface area contributed by atoms with Gasteiger partial charge in [0.2, 0.25) is 0 Å². The Morgan fingerprint density at radius 1 is 1.32 bits per heavy atom. The highest BCUT2D eigenvalue weighted by Crippen LogP contribution is 2.28. The molecule has 0 bridgehead atoms. The number of halogens is 3. The lowest BCUT2D eigenvalue weighted by molar-refractivity contribution is 0.0927. The lowest BCUT2D eigenvalue weighted by Crippen LogP contribution is -2.50. The smallest absolute Gasteiger partial charge is 0.261 e. The van der Waals surface area contributed by atoms with E-state index < -0.39 is 11.6 Å². The highest BCUT2D eigenvalue weighted by molar-refractivity contribution is 7.12. The zero-order valence-electron chi connectivity index (χ0n) is 13.9. The zero-order chi connectivity index (χ0) is 17.1. The molecular weight excluding hydrogens is 366 g/mol. The summed E-state index contributed by atoms with van der Waals surface area (Å²) in [5, 5.41) is 8.25. The Morgan fingerprint density at radius 3 is 2.84 bits per heavy atom. The molecule has 2 N–H and O–H groups in total. The molecule has 0 radical (unpaired) electrons. The summed E-state index contributed by atoms with van der Waals surface area (Å²) in [5.74, 6) is -1.82. The molecule has 0 spiro atoms. The van der Waals surface area contributed by atoms with Crippen molar-refractivity contribution in [1.29, 1.82) is 0 Å². The van der Waals surface area contributed by atoms with Crippen LogP contribution in [0.5, 0.6) is 0 Å².